The lowest BCUT2D eigenvalue weighted by molar-refractivity contribution is -0.131. The van der Waals surface area contributed by atoms with Crippen LogP contribution in [-0.2, 0) is 19.6 Å². The summed E-state index contributed by atoms with van der Waals surface area (Å²) in [7, 11) is 0.250. The molecule has 2 bridgehead atoms. The number of carbonyl (C=O) groups excluding carboxylic acids is 3. The molecule has 0 saturated heterocycles. The van der Waals surface area contributed by atoms with Gasteiger partial charge in [0.2, 0.25) is 11.5 Å². The van der Waals surface area contributed by atoms with E-state index in [1.54, 1.807) is 6.92 Å². The van der Waals surface area contributed by atoms with Gasteiger partial charge in [-0.25, -0.2) is 22.8 Å². The highest BCUT2D eigenvalue weighted by Gasteiger charge is 2.36. The minimum atomic E-state index is -4.77. The van der Waals surface area contributed by atoms with Gasteiger partial charge in [-0.15, -0.1) is 0 Å². The third-order valence-corrected chi connectivity index (χ3v) is 9.83. The highest BCUT2D eigenvalue weighted by Crippen LogP contribution is 2.46. The second-order valence-electron chi connectivity index (χ2n) is 12.7. The molecule has 1 aromatic heterocycles. The zero-order valence-electron chi connectivity index (χ0n) is 27.8. The van der Waals surface area contributed by atoms with Gasteiger partial charge in [-0.05, 0) is 65.9 Å². The molecule has 1 amide bonds. The Labute approximate surface area is 278 Å². The van der Waals surface area contributed by atoms with Crippen LogP contribution in [0.15, 0.2) is 46.1 Å². The van der Waals surface area contributed by atoms with E-state index in [-0.39, 0.29) is 46.2 Å². The first kappa shape index (κ1) is 34.7. The smallest absolute Gasteiger partial charge is 0.343 e. The summed E-state index contributed by atoms with van der Waals surface area (Å²) in [6.07, 6.45) is 5.44. The maximum absolute atomic E-state index is 14.6. The Morgan fingerprint density at radius 1 is 1.04 bits per heavy atom. The number of hydrogen-bond donors (Lipinski definition) is 1. The number of likely N-dealkylation sites (N-methyl/N-ethyl adjacent to an activating group) is 1. The molecule has 1 aliphatic heterocycles. The number of methoxy groups -OCH3 is 1. The maximum Gasteiger partial charge on any atom is 0.343 e. The molecule has 0 radical (unpaired) electrons. The fourth-order valence-corrected chi connectivity index (χ4v) is 7.91. The van der Waals surface area contributed by atoms with Gasteiger partial charge in [0.1, 0.15) is 16.2 Å². The Morgan fingerprint density at radius 2 is 1.71 bits per heavy atom. The molecule has 2 aliphatic rings. The van der Waals surface area contributed by atoms with Gasteiger partial charge in [0.25, 0.3) is 15.9 Å². The van der Waals surface area contributed by atoms with Gasteiger partial charge in [-0.1, -0.05) is 19.3 Å². The van der Waals surface area contributed by atoms with Crippen molar-refractivity contribution in [2.75, 3.05) is 34.4 Å². The molecule has 258 valence electrons. The molecule has 1 aliphatic carbocycles. The van der Waals surface area contributed by atoms with E-state index in [9.17, 15) is 27.6 Å². The van der Waals surface area contributed by atoms with Gasteiger partial charge >= 0.3 is 17.6 Å². The molecule has 5 rings (SSSR count). The Kier molecular flexibility index (Phi) is 9.74. The number of benzene rings is 2. The van der Waals surface area contributed by atoms with E-state index in [0.717, 1.165) is 31.4 Å². The Morgan fingerprint density at radius 3 is 2.33 bits per heavy atom. The summed E-state index contributed by atoms with van der Waals surface area (Å²) in [4.78, 5) is 54.5. The number of hydrogen-bond acceptors (Lipinski definition) is 11. The van der Waals surface area contributed by atoms with E-state index in [0.29, 0.717) is 23.4 Å². The average molecular weight is 685 g/mol. The van der Waals surface area contributed by atoms with E-state index in [2.05, 4.69) is 5.32 Å². The van der Waals surface area contributed by atoms with Crippen molar-refractivity contribution < 1.29 is 41.7 Å². The minimum absolute atomic E-state index is 0.000428. The summed E-state index contributed by atoms with van der Waals surface area (Å²) in [6.45, 7) is 6.01. The number of aromatic nitrogens is 2. The highest BCUT2D eigenvalue weighted by molar-refractivity contribution is 7.90. The van der Waals surface area contributed by atoms with E-state index in [4.69, 9.17) is 18.9 Å². The van der Waals surface area contributed by atoms with Crippen molar-refractivity contribution in [3.63, 3.8) is 0 Å². The van der Waals surface area contributed by atoms with Crippen LogP contribution in [0.3, 0.4) is 0 Å². The number of amides is 1. The van der Waals surface area contributed by atoms with E-state index in [1.165, 1.54) is 35.9 Å². The molecule has 0 atom stereocenters. The fourth-order valence-electron chi connectivity index (χ4n) is 6.38. The van der Waals surface area contributed by atoms with Crippen LogP contribution in [0.4, 0.5) is 0 Å². The first-order valence-electron chi connectivity index (χ1n) is 15.7. The van der Waals surface area contributed by atoms with Crippen LogP contribution in [0.1, 0.15) is 69.3 Å². The van der Waals surface area contributed by atoms with E-state index >= 15 is 0 Å². The van der Waals surface area contributed by atoms with Crippen molar-refractivity contribution in [3.05, 3.63) is 52.5 Å². The zero-order chi connectivity index (χ0) is 35.0. The third kappa shape index (κ3) is 6.69. The normalized spacial score (nSPS) is 16.5. The standard InChI is InChI=1S/C33H40N4O10S/c1-7-45-29-24-18-22-28(30(29)47-27(39)16-15-26(38)46-24)36(21-11-9-8-10-12-21)32(41)37(22)48(42,43)25-14-13-20(17-23(25)44-6)31(40)34-33(2,3)19-35(4)5/h13-18,21H,7-12,19H2,1-6H3,(H,34,40)/b16-15+. The molecule has 48 heavy (non-hydrogen) atoms. The number of nitrogens with zero attached hydrogens (tertiary/aromatic N) is 3. The lowest BCUT2D eigenvalue weighted by atomic mass is 9.95. The molecular weight excluding hydrogens is 644 g/mol. The van der Waals surface area contributed by atoms with E-state index in [1.807, 2.05) is 32.8 Å². The van der Waals surface area contributed by atoms with Crippen LogP contribution < -0.4 is 30.0 Å². The van der Waals surface area contributed by atoms with Gasteiger partial charge in [-0.3, -0.25) is 9.36 Å². The van der Waals surface area contributed by atoms with Gasteiger partial charge in [0, 0.05) is 41.9 Å². The highest BCUT2D eigenvalue weighted by atomic mass is 32.2. The van der Waals surface area contributed by atoms with Crippen LogP contribution in [-0.4, -0.2) is 79.6 Å². The number of nitrogens with one attached hydrogen (secondary N) is 1. The molecule has 2 heterocycles. The Bertz CT molecular complexity index is 1970. The Hall–Kier alpha value is -4.63. The average Bonchev–Trinajstić information content (AvgIpc) is 3.33. The van der Waals surface area contributed by atoms with Gasteiger partial charge in [-0.2, -0.15) is 3.97 Å². The lowest BCUT2D eigenvalue weighted by Crippen LogP contribution is -2.50. The molecule has 2 aromatic carbocycles. The van der Waals surface area contributed by atoms with Crippen molar-refractivity contribution in [2.24, 2.45) is 0 Å². The summed E-state index contributed by atoms with van der Waals surface area (Å²) in [6, 6.07) is 4.62. The van der Waals surface area contributed by atoms with Crippen LogP contribution in [0.5, 0.6) is 23.0 Å². The molecule has 1 saturated carbocycles. The van der Waals surface area contributed by atoms with Gasteiger partial charge < -0.3 is 29.2 Å². The van der Waals surface area contributed by atoms with Crippen LogP contribution in [0.25, 0.3) is 11.0 Å². The number of rotatable bonds is 10. The van der Waals surface area contributed by atoms with Crippen molar-refractivity contribution in [1.29, 1.82) is 0 Å². The second kappa shape index (κ2) is 13.5. The quantitative estimate of drug-likeness (QED) is 0.246. The van der Waals surface area contributed by atoms with E-state index < -0.39 is 50.0 Å². The molecular formula is C33H40N4O10S. The molecule has 0 spiro atoms. The van der Waals surface area contributed by atoms with Crippen molar-refractivity contribution in [2.45, 2.75) is 69.4 Å². The van der Waals surface area contributed by atoms with Crippen LogP contribution in [0.2, 0.25) is 0 Å². The summed E-state index contributed by atoms with van der Waals surface area (Å²) in [5.74, 6) is -3.12. The summed E-state index contributed by atoms with van der Waals surface area (Å²) in [5, 5.41) is 2.94. The predicted octanol–water partition coefficient (Wildman–Crippen LogP) is 3.40. The van der Waals surface area contributed by atoms with Crippen LogP contribution >= 0.6 is 0 Å². The first-order valence-corrected chi connectivity index (χ1v) is 17.1. The largest absolute Gasteiger partial charge is 0.495 e. The summed E-state index contributed by atoms with van der Waals surface area (Å²) >= 11 is 0. The minimum Gasteiger partial charge on any atom is -0.495 e. The summed E-state index contributed by atoms with van der Waals surface area (Å²) in [5.41, 5.74) is -1.57. The molecule has 3 aromatic rings. The maximum atomic E-state index is 14.6. The monoisotopic (exact) mass is 684 g/mol. The number of ether oxygens (including phenoxy) is 4. The topological polar surface area (TPSA) is 164 Å². The van der Waals surface area contributed by atoms with Crippen molar-refractivity contribution in [1.82, 2.24) is 18.8 Å². The van der Waals surface area contributed by atoms with Gasteiger partial charge in [0.15, 0.2) is 5.75 Å². The number of fused-ring (bicyclic) bond motifs is 4. The lowest BCUT2D eigenvalue weighted by Gasteiger charge is -2.29. The molecule has 1 N–H and O–H groups in total. The van der Waals surface area contributed by atoms with Crippen LogP contribution in [0, 0.1) is 0 Å². The summed E-state index contributed by atoms with van der Waals surface area (Å²) < 4.78 is 53.4. The first-order chi connectivity index (χ1) is 22.7. The molecule has 0 unspecified atom stereocenters. The van der Waals surface area contributed by atoms with Gasteiger partial charge in [0.05, 0.1) is 19.2 Å². The number of imidazole rings is 1. The second-order valence-corrected chi connectivity index (χ2v) is 14.4. The van der Waals surface area contributed by atoms with Crippen molar-refractivity contribution in [3.8, 4) is 23.0 Å². The SMILES string of the molecule is CCOc1c2cc3c(c1OC(=O)/C=C/C(=O)O2)n(C1CCCCC1)c(=O)n3S(=O)(=O)c1ccc(C(=O)NC(C)(C)CN(C)C)cc1OC. The van der Waals surface area contributed by atoms with Crippen molar-refractivity contribution >= 4 is 38.9 Å². The third-order valence-electron chi connectivity index (χ3n) is 8.10. The number of esters is 2. The fraction of sp³-hybridized carbons (Fsp3) is 0.455. The molecule has 15 heteroatoms. The molecule has 14 nitrogen and oxygen atoms in total. The molecule has 1 fully saturated rings. The Balaban J connectivity index is 1.75. The number of carbonyl (C=O) groups is 3. The predicted molar refractivity (Wildman–Crippen MR) is 176 cm³/mol. The zero-order valence-corrected chi connectivity index (χ0v) is 28.6.